The maximum atomic E-state index is 12.5. The summed E-state index contributed by atoms with van der Waals surface area (Å²) in [5.41, 5.74) is -0.176. The Balaban J connectivity index is 2.37. The summed E-state index contributed by atoms with van der Waals surface area (Å²) in [7, 11) is 0. The van der Waals surface area contributed by atoms with Gasteiger partial charge in [0, 0.05) is 13.1 Å². The van der Waals surface area contributed by atoms with E-state index in [-0.39, 0.29) is 19.0 Å². The molecule has 6 heteroatoms. The van der Waals surface area contributed by atoms with Crippen LogP contribution in [0.4, 0.5) is 13.2 Å². The largest absolute Gasteiger partial charge is 0.416 e. The highest BCUT2D eigenvalue weighted by molar-refractivity contribution is 5.77. The lowest BCUT2D eigenvalue weighted by molar-refractivity contribution is -0.137. The molecule has 0 fully saturated rings. The quantitative estimate of drug-likeness (QED) is 0.757. The van der Waals surface area contributed by atoms with Crippen molar-refractivity contribution in [2.75, 3.05) is 13.1 Å². The molecule has 1 aromatic rings. The van der Waals surface area contributed by atoms with Gasteiger partial charge in [0.05, 0.1) is 12.1 Å². The molecule has 20 heavy (non-hydrogen) atoms. The molecule has 0 spiro atoms. The van der Waals surface area contributed by atoms with Crippen LogP contribution in [-0.2, 0) is 17.5 Å². The summed E-state index contributed by atoms with van der Waals surface area (Å²) < 4.78 is 37.5. The Hall–Kier alpha value is -1.56. The minimum atomic E-state index is -4.34. The van der Waals surface area contributed by atoms with Crippen LogP contribution in [0.2, 0.25) is 0 Å². The maximum Gasteiger partial charge on any atom is 0.416 e. The van der Waals surface area contributed by atoms with Crippen molar-refractivity contribution >= 4 is 5.91 Å². The minimum absolute atomic E-state index is 0.0972. The molecule has 0 aliphatic rings. The van der Waals surface area contributed by atoms with Gasteiger partial charge in [-0.05, 0) is 18.1 Å². The number of benzene rings is 1. The van der Waals surface area contributed by atoms with E-state index in [2.05, 4.69) is 10.6 Å². The second-order valence-corrected chi connectivity index (χ2v) is 4.51. The lowest BCUT2D eigenvalue weighted by Crippen LogP contribution is -2.34. The van der Waals surface area contributed by atoms with Crippen LogP contribution in [0.3, 0.4) is 0 Å². The smallest absolute Gasteiger partial charge is 0.355 e. The number of hydrogen-bond acceptors (Lipinski definition) is 2. The van der Waals surface area contributed by atoms with Crippen molar-refractivity contribution in [2.45, 2.75) is 32.5 Å². The van der Waals surface area contributed by atoms with Gasteiger partial charge in [0.15, 0.2) is 0 Å². The number of amides is 1. The van der Waals surface area contributed by atoms with E-state index in [1.807, 2.05) is 6.92 Å². The second kappa shape index (κ2) is 7.89. The molecule has 1 aromatic carbocycles. The molecule has 2 N–H and O–H groups in total. The number of carbonyl (C=O) groups is 1. The first-order valence-electron chi connectivity index (χ1n) is 6.57. The summed E-state index contributed by atoms with van der Waals surface area (Å²) in [6.07, 6.45) is -2.43. The van der Waals surface area contributed by atoms with Crippen molar-refractivity contribution < 1.29 is 18.0 Å². The summed E-state index contributed by atoms with van der Waals surface area (Å²) in [5, 5.41) is 5.55. The van der Waals surface area contributed by atoms with E-state index in [4.69, 9.17) is 0 Å². The van der Waals surface area contributed by atoms with Crippen LogP contribution < -0.4 is 10.6 Å². The van der Waals surface area contributed by atoms with Crippen LogP contribution >= 0.6 is 0 Å². The molecule has 1 amide bonds. The topological polar surface area (TPSA) is 41.1 Å². The third kappa shape index (κ3) is 6.06. The van der Waals surface area contributed by atoms with Crippen LogP contribution in [0.5, 0.6) is 0 Å². The van der Waals surface area contributed by atoms with Crippen molar-refractivity contribution in [1.29, 1.82) is 0 Å². The number of carbonyl (C=O) groups excluding carboxylic acids is 1. The third-order valence-corrected chi connectivity index (χ3v) is 2.72. The van der Waals surface area contributed by atoms with Gasteiger partial charge in [-0.3, -0.25) is 4.79 Å². The molecule has 1 rings (SSSR count). The zero-order valence-electron chi connectivity index (χ0n) is 11.4. The molecular formula is C14H19F3N2O. The van der Waals surface area contributed by atoms with Crippen LogP contribution in [0.25, 0.3) is 0 Å². The summed E-state index contributed by atoms with van der Waals surface area (Å²) in [4.78, 5) is 11.4. The van der Waals surface area contributed by atoms with E-state index in [0.717, 1.165) is 25.0 Å². The van der Waals surface area contributed by atoms with Crippen molar-refractivity contribution in [3.63, 3.8) is 0 Å². The Labute approximate surface area is 116 Å². The fraction of sp³-hybridized carbons (Fsp3) is 0.500. The number of halogens is 3. The molecule has 0 radical (unpaired) electrons. The molecule has 0 atom stereocenters. The molecular weight excluding hydrogens is 269 g/mol. The SMILES string of the molecule is CCCCNC(=O)CNCc1cccc(C(F)(F)F)c1. The molecule has 0 heterocycles. The number of rotatable bonds is 7. The van der Waals surface area contributed by atoms with Gasteiger partial charge >= 0.3 is 6.18 Å². The van der Waals surface area contributed by atoms with Gasteiger partial charge in [0.25, 0.3) is 0 Å². The van der Waals surface area contributed by atoms with Gasteiger partial charge < -0.3 is 10.6 Å². The Morgan fingerprint density at radius 1 is 1.30 bits per heavy atom. The van der Waals surface area contributed by atoms with E-state index >= 15 is 0 Å². The average molecular weight is 288 g/mol. The van der Waals surface area contributed by atoms with Gasteiger partial charge in [-0.25, -0.2) is 0 Å². The van der Waals surface area contributed by atoms with E-state index in [1.165, 1.54) is 6.07 Å². The molecule has 0 saturated carbocycles. The number of nitrogens with one attached hydrogen (secondary N) is 2. The first-order chi connectivity index (χ1) is 9.43. The summed E-state index contributed by atoms with van der Waals surface area (Å²) in [5.74, 6) is -0.148. The molecule has 0 aliphatic heterocycles. The fourth-order valence-electron chi connectivity index (χ4n) is 1.65. The van der Waals surface area contributed by atoms with Gasteiger partial charge in [-0.2, -0.15) is 13.2 Å². The predicted molar refractivity (Wildman–Crippen MR) is 71.1 cm³/mol. The maximum absolute atomic E-state index is 12.5. The molecule has 0 unspecified atom stereocenters. The normalized spacial score (nSPS) is 11.4. The Morgan fingerprint density at radius 3 is 2.70 bits per heavy atom. The fourth-order valence-corrected chi connectivity index (χ4v) is 1.65. The average Bonchev–Trinajstić information content (AvgIpc) is 2.38. The predicted octanol–water partition coefficient (Wildman–Crippen LogP) is 2.71. The molecule has 0 saturated heterocycles. The second-order valence-electron chi connectivity index (χ2n) is 4.51. The van der Waals surface area contributed by atoms with Crippen LogP contribution in [-0.4, -0.2) is 19.0 Å². The lowest BCUT2D eigenvalue weighted by Gasteiger charge is -2.09. The highest BCUT2D eigenvalue weighted by atomic mass is 19.4. The summed E-state index contributed by atoms with van der Waals surface area (Å²) in [6.45, 7) is 2.98. The Bertz CT molecular complexity index is 433. The van der Waals surface area contributed by atoms with Gasteiger partial charge in [-0.1, -0.05) is 31.5 Å². The first-order valence-corrected chi connectivity index (χ1v) is 6.57. The standard InChI is InChI=1S/C14H19F3N2O/c1-2-3-7-19-13(20)10-18-9-11-5-4-6-12(8-11)14(15,16)17/h4-6,8,18H,2-3,7,9-10H2,1H3,(H,19,20). The van der Waals surface area contributed by atoms with Crippen LogP contribution in [0.15, 0.2) is 24.3 Å². The van der Waals surface area contributed by atoms with Gasteiger partial charge in [0.2, 0.25) is 5.91 Å². The molecule has 0 aliphatic carbocycles. The summed E-state index contributed by atoms with van der Waals surface area (Å²) in [6, 6.07) is 5.07. The highest BCUT2D eigenvalue weighted by Crippen LogP contribution is 2.29. The highest BCUT2D eigenvalue weighted by Gasteiger charge is 2.30. The number of hydrogen-bond donors (Lipinski definition) is 2. The zero-order valence-corrected chi connectivity index (χ0v) is 11.4. The molecule has 0 bridgehead atoms. The Kier molecular flexibility index (Phi) is 6.51. The van der Waals surface area contributed by atoms with Crippen molar-refractivity contribution in [2.24, 2.45) is 0 Å². The molecule has 3 nitrogen and oxygen atoms in total. The van der Waals surface area contributed by atoms with Gasteiger partial charge in [-0.15, -0.1) is 0 Å². The van der Waals surface area contributed by atoms with Gasteiger partial charge in [0.1, 0.15) is 0 Å². The van der Waals surface area contributed by atoms with Crippen molar-refractivity contribution in [1.82, 2.24) is 10.6 Å². The summed E-state index contributed by atoms with van der Waals surface area (Å²) >= 11 is 0. The van der Waals surface area contributed by atoms with Crippen LogP contribution in [0, 0.1) is 0 Å². The monoisotopic (exact) mass is 288 g/mol. The molecule has 112 valence electrons. The van der Waals surface area contributed by atoms with Crippen molar-refractivity contribution in [3.05, 3.63) is 35.4 Å². The molecule has 0 aromatic heterocycles. The van der Waals surface area contributed by atoms with E-state index in [9.17, 15) is 18.0 Å². The first kappa shape index (κ1) is 16.5. The Morgan fingerprint density at radius 2 is 2.05 bits per heavy atom. The number of unbranched alkanes of at least 4 members (excludes halogenated alkanes) is 1. The number of alkyl halides is 3. The van der Waals surface area contributed by atoms with Crippen molar-refractivity contribution in [3.8, 4) is 0 Å². The lowest BCUT2D eigenvalue weighted by atomic mass is 10.1. The van der Waals surface area contributed by atoms with E-state index < -0.39 is 11.7 Å². The van der Waals surface area contributed by atoms with Crippen LogP contribution in [0.1, 0.15) is 30.9 Å². The third-order valence-electron chi connectivity index (χ3n) is 2.72. The van der Waals surface area contributed by atoms with E-state index in [1.54, 1.807) is 6.07 Å². The minimum Gasteiger partial charge on any atom is -0.355 e. The zero-order chi connectivity index (χ0) is 15.0. The van der Waals surface area contributed by atoms with E-state index in [0.29, 0.717) is 12.1 Å².